The van der Waals surface area contributed by atoms with Crippen LogP contribution in [-0.4, -0.2) is 17.1 Å². The maximum atomic E-state index is 14.0. The van der Waals surface area contributed by atoms with Crippen molar-refractivity contribution in [2.24, 2.45) is 5.10 Å². The van der Waals surface area contributed by atoms with E-state index in [0.717, 1.165) is 10.0 Å². The number of hydrogen-bond acceptors (Lipinski definition) is 5. The smallest absolute Gasteiger partial charge is 0.256 e. The summed E-state index contributed by atoms with van der Waals surface area (Å²) in [6, 6.07) is 18.5. The Hall–Kier alpha value is -2.78. The highest BCUT2D eigenvalue weighted by Crippen LogP contribution is 2.36. The van der Waals surface area contributed by atoms with Crippen molar-refractivity contribution < 1.29 is 9.18 Å². The predicted octanol–water partition coefficient (Wildman–Crippen LogP) is 7.72. The molecule has 10 heteroatoms. The van der Waals surface area contributed by atoms with Gasteiger partial charge in [-0.15, -0.1) is 0 Å². The van der Waals surface area contributed by atoms with E-state index in [1.165, 1.54) is 29.7 Å². The zero-order valence-corrected chi connectivity index (χ0v) is 20.6. The second-order valence-electron chi connectivity index (χ2n) is 6.67. The average molecular weight is 564 g/mol. The number of hydrogen-bond donors (Lipinski definition) is 2. The Kier molecular flexibility index (Phi) is 7.39. The summed E-state index contributed by atoms with van der Waals surface area (Å²) < 4.78 is 14.8. The van der Waals surface area contributed by atoms with Gasteiger partial charge in [-0.05, 0) is 48.5 Å². The van der Waals surface area contributed by atoms with Gasteiger partial charge in [0.1, 0.15) is 16.5 Å². The fourth-order valence-electron chi connectivity index (χ4n) is 2.82. The molecule has 0 aliphatic heterocycles. The molecule has 3 aromatic carbocycles. The molecular weight excluding hydrogens is 550 g/mol. The quantitative estimate of drug-likeness (QED) is 0.186. The molecule has 2 N–H and O–H groups in total. The van der Waals surface area contributed by atoms with E-state index in [-0.39, 0.29) is 16.5 Å². The first-order chi connectivity index (χ1) is 15.9. The van der Waals surface area contributed by atoms with E-state index < -0.39 is 5.82 Å². The van der Waals surface area contributed by atoms with Crippen LogP contribution in [0, 0.1) is 5.82 Å². The topological polar surface area (TPSA) is 66.4 Å². The van der Waals surface area contributed by atoms with Gasteiger partial charge in [-0.2, -0.15) is 5.10 Å². The zero-order chi connectivity index (χ0) is 23.4. The molecule has 0 radical (unpaired) electrons. The molecular formula is C23H14BrCl2FN4OS. The summed E-state index contributed by atoms with van der Waals surface area (Å²) in [4.78, 5) is 17.3. The van der Waals surface area contributed by atoms with E-state index in [9.17, 15) is 9.18 Å². The van der Waals surface area contributed by atoms with Crippen LogP contribution in [0.4, 0.5) is 14.5 Å². The van der Waals surface area contributed by atoms with Gasteiger partial charge in [0.05, 0.1) is 11.2 Å². The minimum Gasteiger partial charge on any atom is -0.312 e. The molecule has 0 bridgehead atoms. The van der Waals surface area contributed by atoms with Crippen LogP contribution >= 0.6 is 50.5 Å². The molecule has 0 saturated heterocycles. The maximum Gasteiger partial charge on any atom is 0.256 e. The molecule has 0 aliphatic carbocycles. The highest BCUT2D eigenvalue weighted by molar-refractivity contribution is 9.10. The number of nitrogens with zero attached hydrogens (tertiary/aromatic N) is 2. The Balaban J connectivity index is 1.62. The summed E-state index contributed by atoms with van der Waals surface area (Å²) in [6.45, 7) is 0. The summed E-state index contributed by atoms with van der Waals surface area (Å²) >= 11 is 16.6. The molecule has 1 aromatic heterocycles. The van der Waals surface area contributed by atoms with Crippen molar-refractivity contribution in [1.82, 2.24) is 4.98 Å². The van der Waals surface area contributed by atoms with Crippen LogP contribution in [0.15, 0.2) is 76.3 Å². The Morgan fingerprint density at radius 1 is 1.06 bits per heavy atom. The van der Waals surface area contributed by atoms with E-state index in [1.807, 2.05) is 0 Å². The van der Waals surface area contributed by atoms with Crippen LogP contribution in [-0.2, 0) is 0 Å². The van der Waals surface area contributed by atoms with Gasteiger partial charge in [0.2, 0.25) is 5.13 Å². The second-order valence-corrected chi connectivity index (χ2v) is 9.43. The fourth-order valence-corrected chi connectivity index (χ4v) is 4.25. The summed E-state index contributed by atoms with van der Waals surface area (Å²) in [6.07, 6.45) is 1.28. The molecule has 33 heavy (non-hydrogen) atoms. The molecule has 0 spiro atoms. The number of benzene rings is 3. The molecule has 166 valence electrons. The molecule has 0 fully saturated rings. The number of thiazole rings is 1. The van der Waals surface area contributed by atoms with E-state index in [2.05, 4.69) is 36.8 Å². The number of carbonyl (C=O) groups is 1. The first kappa shape index (κ1) is 23.4. The lowest BCUT2D eigenvalue weighted by Crippen LogP contribution is -2.11. The third kappa shape index (κ3) is 5.78. The molecule has 4 aromatic rings. The summed E-state index contributed by atoms with van der Waals surface area (Å²) in [5.41, 5.74) is 4.74. The number of anilines is 2. The van der Waals surface area contributed by atoms with Crippen molar-refractivity contribution in [3.63, 3.8) is 0 Å². The van der Waals surface area contributed by atoms with Crippen LogP contribution in [0.3, 0.4) is 0 Å². The fraction of sp³-hybridized carbons (Fsp3) is 0. The second kappa shape index (κ2) is 10.4. The first-order valence-corrected chi connectivity index (χ1v) is 11.8. The molecule has 0 aliphatic rings. The molecule has 0 unspecified atom stereocenters. The predicted molar refractivity (Wildman–Crippen MR) is 137 cm³/mol. The van der Waals surface area contributed by atoms with Gasteiger partial charge >= 0.3 is 0 Å². The maximum absolute atomic E-state index is 14.0. The van der Waals surface area contributed by atoms with Crippen molar-refractivity contribution in [2.75, 3.05) is 10.7 Å². The number of carbonyl (C=O) groups excluding carboxylic acids is 1. The Morgan fingerprint density at radius 2 is 1.79 bits per heavy atom. The molecule has 5 nitrogen and oxygen atoms in total. The largest absolute Gasteiger partial charge is 0.312 e. The highest BCUT2D eigenvalue weighted by atomic mass is 79.9. The SMILES string of the molecule is O=C(Nc1sc(N/N=C\c2c(F)cccc2Cl)nc1-c1ccc(Cl)cc1)c1ccc(Br)cc1. The van der Waals surface area contributed by atoms with Gasteiger partial charge in [-0.25, -0.2) is 9.37 Å². The monoisotopic (exact) mass is 562 g/mol. The van der Waals surface area contributed by atoms with E-state index >= 15 is 0 Å². The lowest BCUT2D eigenvalue weighted by Gasteiger charge is -2.06. The molecule has 0 saturated carbocycles. The molecule has 4 rings (SSSR count). The molecule has 0 atom stereocenters. The third-order valence-corrected chi connectivity index (χ3v) is 6.42. The van der Waals surface area contributed by atoms with Crippen LogP contribution in [0.25, 0.3) is 11.3 Å². The zero-order valence-electron chi connectivity index (χ0n) is 16.7. The summed E-state index contributed by atoms with van der Waals surface area (Å²) in [5, 5.41) is 8.69. The molecule has 1 heterocycles. The van der Waals surface area contributed by atoms with Gasteiger partial charge in [-0.1, -0.05) is 68.7 Å². The Labute approximate surface area is 211 Å². The highest BCUT2D eigenvalue weighted by Gasteiger charge is 2.17. The van der Waals surface area contributed by atoms with Crippen molar-refractivity contribution in [1.29, 1.82) is 0 Å². The van der Waals surface area contributed by atoms with Crippen molar-refractivity contribution in [3.05, 3.63) is 98.2 Å². The first-order valence-electron chi connectivity index (χ1n) is 9.47. The molecule has 1 amide bonds. The lowest BCUT2D eigenvalue weighted by atomic mass is 10.1. The minimum atomic E-state index is -0.489. The van der Waals surface area contributed by atoms with Gasteiger partial charge in [0.15, 0.2) is 0 Å². The van der Waals surface area contributed by atoms with Gasteiger partial charge in [0, 0.05) is 26.2 Å². The van der Waals surface area contributed by atoms with Crippen LogP contribution in [0.5, 0.6) is 0 Å². The van der Waals surface area contributed by atoms with Crippen LogP contribution in [0.2, 0.25) is 10.0 Å². The number of aromatic nitrogens is 1. The van der Waals surface area contributed by atoms with E-state index in [1.54, 1.807) is 54.6 Å². The van der Waals surface area contributed by atoms with Crippen LogP contribution in [0.1, 0.15) is 15.9 Å². The standard InChI is InChI=1S/C23H14BrCl2FN4OS/c24-15-8-4-14(5-9-15)21(32)30-22-20(13-6-10-16(25)11-7-13)29-23(33-22)31-28-12-17-18(26)2-1-3-19(17)27/h1-12H,(H,29,31)(H,30,32)/b28-12-. The van der Waals surface area contributed by atoms with E-state index in [4.69, 9.17) is 23.2 Å². The Bertz CT molecular complexity index is 1310. The third-order valence-electron chi connectivity index (χ3n) is 4.43. The van der Waals surface area contributed by atoms with Crippen molar-refractivity contribution >= 4 is 72.7 Å². The van der Waals surface area contributed by atoms with E-state index in [0.29, 0.717) is 26.4 Å². The summed E-state index contributed by atoms with van der Waals surface area (Å²) in [5.74, 6) is -0.772. The van der Waals surface area contributed by atoms with Crippen LogP contribution < -0.4 is 10.7 Å². The van der Waals surface area contributed by atoms with Gasteiger partial charge < -0.3 is 5.32 Å². The average Bonchev–Trinajstić information content (AvgIpc) is 3.19. The number of amides is 1. The number of hydrazone groups is 1. The van der Waals surface area contributed by atoms with Crippen molar-refractivity contribution in [2.45, 2.75) is 0 Å². The normalized spacial score (nSPS) is 11.0. The minimum absolute atomic E-state index is 0.157. The van der Waals surface area contributed by atoms with Gasteiger partial charge in [-0.3, -0.25) is 10.2 Å². The number of halogens is 4. The van der Waals surface area contributed by atoms with Crippen molar-refractivity contribution in [3.8, 4) is 11.3 Å². The summed E-state index contributed by atoms with van der Waals surface area (Å²) in [7, 11) is 0. The number of rotatable bonds is 6. The number of nitrogens with one attached hydrogen (secondary N) is 2. The lowest BCUT2D eigenvalue weighted by molar-refractivity contribution is 0.102. The van der Waals surface area contributed by atoms with Gasteiger partial charge in [0.25, 0.3) is 5.91 Å². The Morgan fingerprint density at radius 3 is 2.48 bits per heavy atom.